The molecule has 2 aromatic rings. The number of fused-ring (bicyclic) bond motifs is 1. The van der Waals surface area contributed by atoms with Gasteiger partial charge in [-0.1, -0.05) is 24.3 Å². The highest BCUT2D eigenvalue weighted by Gasteiger charge is 2.34. The van der Waals surface area contributed by atoms with Crippen molar-refractivity contribution in [2.75, 3.05) is 31.1 Å². The van der Waals surface area contributed by atoms with Gasteiger partial charge in [-0.15, -0.1) is 0 Å². The van der Waals surface area contributed by atoms with Crippen LogP contribution in [0.2, 0.25) is 0 Å². The first kappa shape index (κ1) is 23.0. The van der Waals surface area contributed by atoms with Crippen LogP contribution in [0.25, 0.3) is 0 Å². The topological polar surface area (TPSA) is 71.1 Å². The Kier molecular flexibility index (Phi) is 7.06. The summed E-state index contributed by atoms with van der Waals surface area (Å²) in [6.45, 7) is 8.48. The van der Waals surface area contributed by atoms with Crippen LogP contribution in [-0.4, -0.2) is 49.2 Å². The highest BCUT2D eigenvalue weighted by atomic mass is 16.5. The van der Waals surface area contributed by atoms with Gasteiger partial charge in [0.1, 0.15) is 17.6 Å². The zero-order valence-electron chi connectivity index (χ0n) is 19.7. The summed E-state index contributed by atoms with van der Waals surface area (Å²) < 4.78 is 11.6. The quantitative estimate of drug-likeness (QED) is 0.742. The van der Waals surface area contributed by atoms with Crippen LogP contribution < -0.4 is 19.7 Å². The van der Waals surface area contributed by atoms with Gasteiger partial charge in [0.2, 0.25) is 5.91 Å². The first-order valence-corrected chi connectivity index (χ1v) is 11.8. The van der Waals surface area contributed by atoms with Crippen molar-refractivity contribution >= 4 is 17.6 Å². The summed E-state index contributed by atoms with van der Waals surface area (Å²) in [6, 6.07) is 13.6. The Morgan fingerprint density at radius 3 is 2.82 bits per heavy atom. The van der Waals surface area contributed by atoms with Crippen molar-refractivity contribution in [2.45, 2.75) is 46.3 Å². The largest absolute Gasteiger partial charge is 0.494 e. The fourth-order valence-electron chi connectivity index (χ4n) is 4.54. The van der Waals surface area contributed by atoms with E-state index in [1.165, 1.54) is 0 Å². The van der Waals surface area contributed by atoms with Crippen LogP contribution >= 0.6 is 0 Å². The number of urea groups is 1. The van der Waals surface area contributed by atoms with Crippen molar-refractivity contribution in [3.63, 3.8) is 0 Å². The Hall–Kier alpha value is -3.22. The summed E-state index contributed by atoms with van der Waals surface area (Å²) in [7, 11) is 0. The molecule has 7 nitrogen and oxygen atoms in total. The number of nitrogens with one attached hydrogen (secondary N) is 1. The number of amides is 3. The second-order valence-corrected chi connectivity index (χ2v) is 8.84. The Morgan fingerprint density at radius 2 is 2.00 bits per heavy atom. The summed E-state index contributed by atoms with van der Waals surface area (Å²) in [5.41, 5.74) is 2.83. The smallest absolute Gasteiger partial charge is 0.324 e. The average molecular weight is 452 g/mol. The first-order chi connectivity index (χ1) is 16.0. The summed E-state index contributed by atoms with van der Waals surface area (Å²) in [5, 5.41) is 3.05. The van der Waals surface area contributed by atoms with Gasteiger partial charge in [0.25, 0.3) is 0 Å². The van der Waals surface area contributed by atoms with Gasteiger partial charge in [0, 0.05) is 25.2 Å². The lowest BCUT2D eigenvalue weighted by Gasteiger charge is -2.39. The minimum absolute atomic E-state index is 0.0228. The molecule has 33 heavy (non-hydrogen) atoms. The molecule has 0 bridgehead atoms. The molecule has 176 valence electrons. The molecule has 1 saturated heterocycles. The molecule has 2 atom stereocenters. The fourth-order valence-corrected chi connectivity index (χ4v) is 4.54. The van der Waals surface area contributed by atoms with E-state index in [9.17, 15) is 9.59 Å². The van der Waals surface area contributed by atoms with Crippen LogP contribution in [0.4, 0.5) is 10.5 Å². The molecule has 0 radical (unpaired) electrons. The van der Waals surface area contributed by atoms with Gasteiger partial charge in [0.15, 0.2) is 0 Å². The van der Waals surface area contributed by atoms with Crippen molar-refractivity contribution in [3.05, 3.63) is 53.6 Å². The van der Waals surface area contributed by atoms with Gasteiger partial charge < -0.3 is 19.7 Å². The monoisotopic (exact) mass is 451 g/mol. The number of likely N-dealkylation sites (tertiary alicyclic amines) is 1. The van der Waals surface area contributed by atoms with E-state index in [0.717, 1.165) is 41.2 Å². The third-order valence-electron chi connectivity index (χ3n) is 6.19. The Labute approximate surface area is 195 Å². The maximum Gasteiger partial charge on any atom is 0.324 e. The first-order valence-electron chi connectivity index (χ1n) is 11.8. The van der Waals surface area contributed by atoms with Crippen molar-refractivity contribution in [3.8, 4) is 11.5 Å². The van der Waals surface area contributed by atoms with E-state index in [1.807, 2.05) is 68.1 Å². The maximum atomic E-state index is 13.5. The molecule has 0 saturated carbocycles. The average Bonchev–Trinajstić information content (AvgIpc) is 2.83. The number of anilines is 1. The molecular formula is C26H33N3O4. The normalized spacial score (nSPS) is 20.0. The van der Waals surface area contributed by atoms with Gasteiger partial charge in [-0.05, 0) is 57.4 Å². The highest BCUT2D eigenvalue weighted by molar-refractivity contribution is 5.95. The summed E-state index contributed by atoms with van der Waals surface area (Å²) in [4.78, 5) is 30.1. The number of hydrogen-bond donors (Lipinski definition) is 1. The van der Waals surface area contributed by atoms with Crippen molar-refractivity contribution in [1.29, 1.82) is 0 Å². The lowest BCUT2D eigenvalue weighted by atomic mass is 9.97. The molecule has 2 heterocycles. The molecule has 4 rings (SSSR count). The second-order valence-electron chi connectivity index (χ2n) is 8.84. The number of para-hydroxylation sites is 1. The van der Waals surface area contributed by atoms with Gasteiger partial charge in [-0.2, -0.15) is 0 Å². The minimum Gasteiger partial charge on any atom is -0.494 e. The molecule has 0 aliphatic carbocycles. The van der Waals surface area contributed by atoms with Crippen LogP contribution in [-0.2, 0) is 11.3 Å². The third kappa shape index (κ3) is 5.24. The van der Waals surface area contributed by atoms with E-state index in [1.54, 1.807) is 4.90 Å². The lowest BCUT2D eigenvalue weighted by Crippen LogP contribution is -2.53. The van der Waals surface area contributed by atoms with Crippen LogP contribution in [0.15, 0.2) is 42.5 Å². The van der Waals surface area contributed by atoms with Gasteiger partial charge >= 0.3 is 6.03 Å². The zero-order valence-corrected chi connectivity index (χ0v) is 19.7. The number of ether oxygens (including phenoxy) is 2. The number of aryl methyl sites for hydroxylation is 1. The number of carbonyl (C=O) groups excluding carboxylic acids is 2. The predicted octanol–water partition coefficient (Wildman–Crippen LogP) is 4.13. The van der Waals surface area contributed by atoms with Crippen LogP contribution in [0.1, 0.15) is 37.8 Å². The molecule has 2 aromatic carbocycles. The second kappa shape index (κ2) is 10.1. The molecular weight excluding hydrogens is 418 g/mol. The standard InChI is InChI=1S/C26H33N3O4/c1-4-32-23-10-6-5-8-20(23)15-27-25(30)21-9-7-13-28(17-21)26(31)29-16-19(3)33-24-12-11-18(2)14-22(24)29/h5-6,8,10-12,14,19,21H,4,7,9,13,15-17H2,1-3H3,(H,27,30)/t19-,21-/m1/s1. The molecule has 0 aromatic heterocycles. The molecule has 2 aliphatic rings. The van der Waals surface area contributed by atoms with E-state index in [2.05, 4.69) is 5.32 Å². The third-order valence-corrected chi connectivity index (χ3v) is 6.19. The number of nitrogens with zero attached hydrogens (tertiary/aromatic N) is 2. The summed E-state index contributed by atoms with van der Waals surface area (Å²) >= 11 is 0. The molecule has 7 heteroatoms. The SMILES string of the molecule is CCOc1ccccc1CNC(=O)[C@@H]1CCCN(C(=O)N2C[C@@H](C)Oc3ccc(C)cc32)C1. The molecule has 0 spiro atoms. The number of rotatable bonds is 5. The Bertz CT molecular complexity index is 1010. The maximum absolute atomic E-state index is 13.5. The summed E-state index contributed by atoms with van der Waals surface area (Å²) in [5.74, 6) is 1.27. The van der Waals surface area contributed by atoms with Crippen molar-refractivity contribution < 1.29 is 19.1 Å². The minimum atomic E-state index is -0.225. The van der Waals surface area contributed by atoms with Gasteiger partial charge in [-0.25, -0.2) is 4.79 Å². The van der Waals surface area contributed by atoms with Crippen molar-refractivity contribution in [2.24, 2.45) is 5.92 Å². The molecule has 3 amide bonds. The van der Waals surface area contributed by atoms with E-state index in [-0.39, 0.29) is 24.0 Å². The zero-order chi connectivity index (χ0) is 23.4. The van der Waals surface area contributed by atoms with Crippen LogP contribution in [0.5, 0.6) is 11.5 Å². The lowest BCUT2D eigenvalue weighted by molar-refractivity contribution is -0.126. The summed E-state index contributed by atoms with van der Waals surface area (Å²) in [6.07, 6.45) is 1.50. The van der Waals surface area contributed by atoms with E-state index in [0.29, 0.717) is 32.8 Å². The fraction of sp³-hybridized carbons (Fsp3) is 0.462. The number of carbonyl (C=O) groups is 2. The van der Waals surface area contributed by atoms with E-state index in [4.69, 9.17) is 9.47 Å². The van der Waals surface area contributed by atoms with Crippen LogP contribution in [0.3, 0.4) is 0 Å². The molecule has 0 unspecified atom stereocenters. The molecule has 1 N–H and O–H groups in total. The number of piperidine rings is 1. The van der Waals surface area contributed by atoms with Gasteiger partial charge in [0.05, 0.1) is 24.8 Å². The Morgan fingerprint density at radius 1 is 1.18 bits per heavy atom. The van der Waals surface area contributed by atoms with E-state index >= 15 is 0 Å². The molecule has 2 aliphatic heterocycles. The molecule has 1 fully saturated rings. The highest BCUT2D eigenvalue weighted by Crippen LogP contribution is 2.35. The van der Waals surface area contributed by atoms with Crippen LogP contribution in [0, 0.1) is 12.8 Å². The Balaban J connectivity index is 1.41. The number of hydrogen-bond acceptors (Lipinski definition) is 4. The van der Waals surface area contributed by atoms with Crippen molar-refractivity contribution in [1.82, 2.24) is 10.2 Å². The van der Waals surface area contributed by atoms with Gasteiger partial charge in [-0.3, -0.25) is 9.69 Å². The number of benzene rings is 2. The predicted molar refractivity (Wildman–Crippen MR) is 128 cm³/mol. The van der Waals surface area contributed by atoms with E-state index < -0.39 is 0 Å².